The van der Waals surface area contributed by atoms with Gasteiger partial charge in [-0.1, -0.05) is 26.0 Å². The number of carbonyl (C=O) groups is 3. The molecular weight excluding hydrogens is 430 g/mol. The van der Waals surface area contributed by atoms with Gasteiger partial charge >= 0.3 is 12.1 Å². The van der Waals surface area contributed by atoms with Crippen LogP contribution in [0.15, 0.2) is 36.5 Å². The fourth-order valence-electron chi connectivity index (χ4n) is 2.69. The molecule has 2 rings (SSSR count). The average molecular weight is 459 g/mol. The SMILES string of the molecule is CCOc1ccc(COc2cc(C(=O)OC(CC)CC)cnc2OC(=O)NC(=O)CN)cc1. The fraction of sp³-hybridized carbons (Fsp3) is 0.391. The van der Waals surface area contributed by atoms with E-state index in [1.165, 1.54) is 12.3 Å². The monoisotopic (exact) mass is 459 g/mol. The minimum atomic E-state index is -1.07. The van der Waals surface area contributed by atoms with Crippen molar-refractivity contribution >= 4 is 18.0 Å². The van der Waals surface area contributed by atoms with E-state index in [0.717, 1.165) is 11.3 Å². The molecule has 0 aliphatic rings. The second-order valence-corrected chi connectivity index (χ2v) is 6.88. The zero-order chi connectivity index (χ0) is 24.2. The van der Waals surface area contributed by atoms with Gasteiger partial charge in [-0.05, 0) is 37.5 Å². The van der Waals surface area contributed by atoms with Gasteiger partial charge in [0.15, 0.2) is 5.75 Å². The van der Waals surface area contributed by atoms with E-state index in [-0.39, 0.29) is 36.4 Å². The lowest BCUT2D eigenvalue weighted by atomic mass is 10.2. The van der Waals surface area contributed by atoms with Crippen LogP contribution in [-0.2, 0) is 16.1 Å². The molecule has 10 nitrogen and oxygen atoms in total. The van der Waals surface area contributed by atoms with E-state index < -0.39 is 18.0 Å². The van der Waals surface area contributed by atoms with E-state index in [9.17, 15) is 14.4 Å². The number of rotatable bonds is 11. The number of amides is 2. The molecule has 2 amide bonds. The number of hydrogen-bond acceptors (Lipinski definition) is 9. The third-order valence-electron chi connectivity index (χ3n) is 4.48. The Morgan fingerprint density at radius 2 is 1.76 bits per heavy atom. The highest BCUT2D eigenvalue weighted by Crippen LogP contribution is 2.27. The summed E-state index contributed by atoms with van der Waals surface area (Å²) in [7, 11) is 0. The number of ether oxygens (including phenoxy) is 4. The predicted molar refractivity (Wildman–Crippen MR) is 119 cm³/mol. The molecule has 0 spiro atoms. The molecule has 0 aliphatic heterocycles. The molecule has 0 radical (unpaired) electrons. The summed E-state index contributed by atoms with van der Waals surface area (Å²) in [5, 5.41) is 1.95. The number of aromatic nitrogens is 1. The first kappa shape index (κ1) is 25.6. The van der Waals surface area contributed by atoms with Crippen LogP contribution < -0.4 is 25.3 Å². The summed E-state index contributed by atoms with van der Waals surface area (Å²) in [5.41, 5.74) is 6.12. The van der Waals surface area contributed by atoms with Crippen molar-refractivity contribution in [2.45, 2.75) is 46.3 Å². The van der Waals surface area contributed by atoms with Crippen LogP contribution in [0.2, 0.25) is 0 Å². The summed E-state index contributed by atoms with van der Waals surface area (Å²) in [5.74, 6) is -0.765. The van der Waals surface area contributed by atoms with Gasteiger partial charge in [0.05, 0.1) is 18.7 Å². The predicted octanol–water partition coefficient (Wildman–Crippen LogP) is 2.98. The van der Waals surface area contributed by atoms with Crippen molar-refractivity contribution in [2.75, 3.05) is 13.2 Å². The first-order chi connectivity index (χ1) is 15.9. The van der Waals surface area contributed by atoms with Crippen LogP contribution in [0.1, 0.15) is 49.5 Å². The maximum atomic E-state index is 12.5. The standard InChI is InChI=1S/C23H29N3O7/c1-4-17(5-2)32-22(28)16-11-19(21(25-13-16)33-23(29)26-20(27)12-24)31-14-15-7-9-18(10-8-15)30-6-3/h7-11,13,17H,4-6,12,14,24H2,1-3H3,(H,26,27,29). The fourth-order valence-corrected chi connectivity index (χ4v) is 2.69. The van der Waals surface area contributed by atoms with Crippen LogP contribution in [0.4, 0.5) is 4.79 Å². The number of hydrogen-bond donors (Lipinski definition) is 2. The van der Waals surface area contributed by atoms with Crippen molar-refractivity contribution < 1.29 is 33.3 Å². The number of nitrogens with one attached hydrogen (secondary N) is 1. The zero-order valence-electron chi connectivity index (χ0n) is 19.0. The van der Waals surface area contributed by atoms with Crippen LogP contribution in [0, 0.1) is 0 Å². The third kappa shape index (κ3) is 8.08. The van der Waals surface area contributed by atoms with Crippen molar-refractivity contribution in [2.24, 2.45) is 5.73 Å². The Balaban J connectivity index is 2.22. The lowest BCUT2D eigenvalue weighted by molar-refractivity contribution is -0.118. The van der Waals surface area contributed by atoms with Crippen molar-refractivity contribution in [1.82, 2.24) is 10.3 Å². The van der Waals surface area contributed by atoms with E-state index in [1.807, 2.05) is 38.2 Å². The molecular formula is C23H29N3O7. The number of nitrogens with zero attached hydrogens (tertiary/aromatic N) is 1. The molecule has 0 unspecified atom stereocenters. The van der Waals surface area contributed by atoms with Crippen molar-refractivity contribution in [3.8, 4) is 17.4 Å². The quantitative estimate of drug-likeness (QED) is 0.485. The van der Waals surface area contributed by atoms with Gasteiger partial charge in [-0.15, -0.1) is 0 Å². The number of nitrogens with two attached hydrogens (primary N) is 1. The molecule has 33 heavy (non-hydrogen) atoms. The van der Waals surface area contributed by atoms with E-state index in [4.69, 9.17) is 24.7 Å². The normalized spacial score (nSPS) is 10.5. The molecule has 2 aromatic rings. The Hall–Kier alpha value is -3.66. The van der Waals surface area contributed by atoms with E-state index in [1.54, 1.807) is 12.1 Å². The first-order valence-electron chi connectivity index (χ1n) is 10.7. The van der Waals surface area contributed by atoms with Crippen molar-refractivity contribution in [3.05, 3.63) is 47.7 Å². The maximum absolute atomic E-state index is 12.5. The van der Waals surface area contributed by atoms with Gasteiger partial charge < -0.3 is 24.7 Å². The molecule has 1 heterocycles. The Labute approximate surface area is 192 Å². The summed E-state index contributed by atoms with van der Waals surface area (Å²) < 4.78 is 21.7. The highest BCUT2D eigenvalue weighted by Gasteiger charge is 2.19. The molecule has 1 aromatic heterocycles. The van der Waals surface area contributed by atoms with Gasteiger partial charge in [0.25, 0.3) is 5.88 Å². The average Bonchev–Trinajstić information content (AvgIpc) is 2.82. The topological polar surface area (TPSA) is 139 Å². The van der Waals surface area contributed by atoms with E-state index in [2.05, 4.69) is 4.98 Å². The smallest absolute Gasteiger partial charge is 0.420 e. The van der Waals surface area contributed by atoms with Gasteiger partial charge in [-0.25, -0.2) is 14.6 Å². The molecule has 0 bridgehead atoms. The number of benzene rings is 1. The Kier molecular flexibility index (Phi) is 10.1. The van der Waals surface area contributed by atoms with Crippen LogP contribution in [-0.4, -0.2) is 42.2 Å². The molecule has 0 atom stereocenters. The minimum Gasteiger partial charge on any atom is -0.494 e. The molecule has 0 saturated heterocycles. The second kappa shape index (κ2) is 13.0. The van der Waals surface area contributed by atoms with Gasteiger partial charge in [0.1, 0.15) is 18.5 Å². The summed E-state index contributed by atoms with van der Waals surface area (Å²) in [4.78, 5) is 39.8. The highest BCUT2D eigenvalue weighted by atomic mass is 16.6. The number of pyridine rings is 1. The maximum Gasteiger partial charge on any atom is 0.420 e. The van der Waals surface area contributed by atoms with Crippen molar-refractivity contribution in [1.29, 1.82) is 0 Å². The molecule has 178 valence electrons. The summed E-state index contributed by atoms with van der Waals surface area (Å²) >= 11 is 0. The molecule has 0 fully saturated rings. The van der Waals surface area contributed by atoms with Gasteiger partial charge in [-0.2, -0.15) is 0 Å². The van der Waals surface area contributed by atoms with E-state index in [0.29, 0.717) is 19.4 Å². The Bertz CT molecular complexity index is 944. The summed E-state index contributed by atoms with van der Waals surface area (Å²) in [6.07, 6.45) is 1.26. The molecule has 1 aromatic carbocycles. The Morgan fingerprint density at radius 1 is 1.06 bits per heavy atom. The van der Waals surface area contributed by atoms with Crippen LogP contribution in [0.25, 0.3) is 0 Å². The third-order valence-corrected chi connectivity index (χ3v) is 4.48. The largest absolute Gasteiger partial charge is 0.494 e. The number of carbonyl (C=O) groups excluding carboxylic acids is 3. The molecule has 3 N–H and O–H groups in total. The van der Waals surface area contributed by atoms with Gasteiger partial charge in [-0.3, -0.25) is 10.1 Å². The first-order valence-corrected chi connectivity index (χ1v) is 10.7. The minimum absolute atomic E-state index is 0.0261. The van der Waals surface area contributed by atoms with E-state index >= 15 is 0 Å². The summed E-state index contributed by atoms with van der Waals surface area (Å²) in [6.45, 7) is 6.00. The van der Waals surface area contributed by atoms with Crippen LogP contribution >= 0.6 is 0 Å². The molecule has 0 saturated carbocycles. The van der Waals surface area contributed by atoms with Gasteiger partial charge in [0.2, 0.25) is 5.91 Å². The molecule has 0 aliphatic carbocycles. The lowest BCUT2D eigenvalue weighted by Gasteiger charge is -2.15. The number of esters is 1. The molecule has 10 heteroatoms. The van der Waals surface area contributed by atoms with Crippen LogP contribution in [0.3, 0.4) is 0 Å². The van der Waals surface area contributed by atoms with Crippen molar-refractivity contribution in [3.63, 3.8) is 0 Å². The summed E-state index contributed by atoms with van der Waals surface area (Å²) in [6, 6.07) is 8.60. The van der Waals surface area contributed by atoms with Crippen LogP contribution in [0.5, 0.6) is 17.4 Å². The number of imide groups is 1. The van der Waals surface area contributed by atoms with Gasteiger partial charge in [0, 0.05) is 12.3 Å². The highest BCUT2D eigenvalue weighted by molar-refractivity contribution is 5.93. The zero-order valence-corrected chi connectivity index (χ0v) is 19.0. The lowest BCUT2D eigenvalue weighted by Crippen LogP contribution is -2.37. The second-order valence-electron chi connectivity index (χ2n) is 6.88. The Morgan fingerprint density at radius 3 is 2.36 bits per heavy atom.